The molecular weight excluding hydrogens is 304 g/mol. The van der Waals surface area contributed by atoms with Crippen LogP contribution in [0.3, 0.4) is 0 Å². The Morgan fingerprint density at radius 1 is 0.520 bits per heavy atom. The predicted octanol–water partition coefficient (Wildman–Crippen LogP) is 5.40. The molecule has 4 rings (SSSR count). The third-order valence-corrected chi connectivity index (χ3v) is 4.18. The second-order valence-electron chi connectivity index (χ2n) is 6.01. The molecule has 2 heterocycles. The molecular formula is C23H18N2. The summed E-state index contributed by atoms with van der Waals surface area (Å²) in [6, 6.07) is 29.2. The third-order valence-electron chi connectivity index (χ3n) is 4.18. The Bertz CT molecular complexity index is 882. The van der Waals surface area contributed by atoms with Gasteiger partial charge in [0.25, 0.3) is 0 Å². The van der Waals surface area contributed by atoms with E-state index in [2.05, 4.69) is 58.5 Å². The van der Waals surface area contributed by atoms with E-state index in [4.69, 9.17) is 0 Å². The third kappa shape index (κ3) is 3.64. The quantitative estimate of drug-likeness (QED) is 0.502. The summed E-state index contributed by atoms with van der Waals surface area (Å²) in [6.45, 7) is 0. The van der Waals surface area contributed by atoms with E-state index in [1.54, 1.807) is 0 Å². The maximum atomic E-state index is 4.44. The van der Waals surface area contributed by atoms with Crippen LogP contribution in [0.2, 0.25) is 0 Å². The molecule has 25 heavy (non-hydrogen) atoms. The van der Waals surface area contributed by atoms with Crippen LogP contribution in [-0.2, 0) is 6.42 Å². The van der Waals surface area contributed by atoms with Crippen LogP contribution in [0, 0.1) is 0 Å². The van der Waals surface area contributed by atoms with Gasteiger partial charge < -0.3 is 0 Å². The van der Waals surface area contributed by atoms with E-state index >= 15 is 0 Å². The number of rotatable bonds is 4. The van der Waals surface area contributed by atoms with Gasteiger partial charge in [-0.25, -0.2) is 0 Å². The molecule has 2 nitrogen and oxygen atoms in total. The fourth-order valence-corrected chi connectivity index (χ4v) is 2.98. The van der Waals surface area contributed by atoms with Gasteiger partial charge in [0, 0.05) is 23.5 Å². The van der Waals surface area contributed by atoms with Crippen molar-refractivity contribution in [3.05, 3.63) is 108 Å². The molecule has 0 unspecified atom stereocenters. The first-order valence-electron chi connectivity index (χ1n) is 8.39. The van der Waals surface area contributed by atoms with Crippen molar-refractivity contribution in [2.24, 2.45) is 0 Å². The van der Waals surface area contributed by atoms with Gasteiger partial charge in [0.15, 0.2) is 0 Å². The minimum absolute atomic E-state index is 0.890. The summed E-state index contributed by atoms with van der Waals surface area (Å²) in [5, 5.41) is 0. The summed E-state index contributed by atoms with van der Waals surface area (Å²) >= 11 is 0. The topological polar surface area (TPSA) is 25.8 Å². The lowest BCUT2D eigenvalue weighted by atomic mass is 9.99. The average Bonchev–Trinajstić information content (AvgIpc) is 2.70. The van der Waals surface area contributed by atoms with Crippen molar-refractivity contribution >= 4 is 0 Å². The molecule has 0 fully saturated rings. The Labute approximate surface area is 147 Å². The van der Waals surface area contributed by atoms with E-state index in [1.807, 2.05) is 48.8 Å². The fourth-order valence-electron chi connectivity index (χ4n) is 2.98. The fraction of sp³-hybridized carbons (Fsp3) is 0.0435. The first kappa shape index (κ1) is 15.3. The van der Waals surface area contributed by atoms with Gasteiger partial charge in [0.2, 0.25) is 0 Å². The number of benzene rings is 2. The SMILES string of the molecule is c1ccc(-c2cccc(Cc3cccc(-c4ccccn4)c3)c2)nc1. The van der Waals surface area contributed by atoms with Gasteiger partial charge in [0.05, 0.1) is 11.4 Å². The van der Waals surface area contributed by atoms with E-state index in [1.165, 1.54) is 11.1 Å². The van der Waals surface area contributed by atoms with Crippen LogP contribution in [-0.4, -0.2) is 9.97 Å². The lowest BCUT2D eigenvalue weighted by Gasteiger charge is -2.07. The van der Waals surface area contributed by atoms with E-state index in [0.29, 0.717) is 0 Å². The van der Waals surface area contributed by atoms with Gasteiger partial charge in [0.1, 0.15) is 0 Å². The first-order valence-corrected chi connectivity index (χ1v) is 8.39. The van der Waals surface area contributed by atoms with Crippen LogP contribution in [0.25, 0.3) is 22.5 Å². The molecule has 0 amide bonds. The lowest BCUT2D eigenvalue weighted by molar-refractivity contribution is 1.19. The minimum Gasteiger partial charge on any atom is -0.256 e. The molecule has 2 aromatic heterocycles. The molecule has 0 aliphatic rings. The monoisotopic (exact) mass is 322 g/mol. The Morgan fingerprint density at radius 2 is 1.04 bits per heavy atom. The van der Waals surface area contributed by atoms with Crippen molar-refractivity contribution in [1.29, 1.82) is 0 Å². The molecule has 0 spiro atoms. The van der Waals surface area contributed by atoms with Crippen molar-refractivity contribution < 1.29 is 0 Å². The summed E-state index contributed by atoms with van der Waals surface area (Å²) < 4.78 is 0. The first-order chi connectivity index (χ1) is 12.4. The highest BCUT2D eigenvalue weighted by Gasteiger charge is 2.04. The normalized spacial score (nSPS) is 10.6. The van der Waals surface area contributed by atoms with E-state index in [-0.39, 0.29) is 0 Å². The van der Waals surface area contributed by atoms with Crippen LogP contribution in [0.4, 0.5) is 0 Å². The molecule has 0 N–H and O–H groups in total. The number of hydrogen-bond donors (Lipinski definition) is 0. The number of nitrogens with zero attached hydrogens (tertiary/aromatic N) is 2. The lowest BCUT2D eigenvalue weighted by Crippen LogP contribution is -1.91. The van der Waals surface area contributed by atoms with E-state index in [0.717, 1.165) is 28.9 Å². The molecule has 0 saturated carbocycles. The molecule has 0 bridgehead atoms. The zero-order chi connectivity index (χ0) is 16.9. The van der Waals surface area contributed by atoms with Crippen LogP contribution < -0.4 is 0 Å². The van der Waals surface area contributed by atoms with E-state index < -0.39 is 0 Å². The average molecular weight is 322 g/mol. The molecule has 0 aliphatic heterocycles. The highest BCUT2D eigenvalue weighted by Crippen LogP contribution is 2.22. The molecule has 0 saturated heterocycles. The van der Waals surface area contributed by atoms with Gasteiger partial charge in [-0.05, 0) is 53.9 Å². The summed E-state index contributed by atoms with van der Waals surface area (Å²) in [7, 11) is 0. The van der Waals surface area contributed by atoms with Gasteiger partial charge >= 0.3 is 0 Å². The molecule has 120 valence electrons. The molecule has 0 atom stereocenters. The number of hydrogen-bond acceptors (Lipinski definition) is 2. The minimum atomic E-state index is 0.890. The van der Waals surface area contributed by atoms with Crippen LogP contribution in [0.15, 0.2) is 97.3 Å². The standard InChI is InChI=1S/C23H18N2/c1-3-13-24-22(11-1)20-9-5-7-18(16-20)15-19-8-6-10-21(17-19)23-12-2-4-14-25-23/h1-14,16-17H,15H2. The van der Waals surface area contributed by atoms with E-state index in [9.17, 15) is 0 Å². The molecule has 2 aromatic carbocycles. The largest absolute Gasteiger partial charge is 0.256 e. The Hall–Kier alpha value is -3.26. The predicted molar refractivity (Wildman–Crippen MR) is 102 cm³/mol. The summed E-state index contributed by atoms with van der Waals surface area (Å²) in [5.74, 6) is 0. The summed E-state index contributed by atoms with van der Waals surface area (Å²) in [5.41, 5.74) is 6.87. The van der Waals surface area contributed by atoms with Crippen molar-refractivity contribution in [3.63, 3.8) is 0 Å². The summed E-state index contributed by atoms with van der Waals surface area (Å²) in [4.78, 5) is 8.89. The van der Waals surface area contributed by atoms with Gasteiger partial charge in [-0.3, -0.25) is 9.97 Å². The highest BCUT2D eigenvalue weighted by atomic mass is 14.7. The van der Waals surface area contributed by atoms with Gasteiger partial charge in [-0.1, -0.05) is 48.5 Å². The Morgan fingerprint density at radius 3 is 1.48 bits per heavy atom. The Kier molecular flexibility index (Phi) is 4.34. The number of pyridine rings is 2. The van der Waals surface area contributed by atoms with Crippen LogP contribution in [0.5, 0.6) is 0 Å². The van der Waals surface area contributed by atoms with Crippen molar-refractivity contribution in [2.75, 3.05) is 0 Å². The molecule has 0 aliphatic carbocycles. The van der Waals surface area contributed by atoms with Crippen molar-refractivity contribution in [3.8, 4) is 22.5 Å². The molecule has 0 radical (unpaired) electrons. The second kappa shape index (κ2) is 7.10. The van der Waals surface area contributed by atoms with Crippen molar-refractivity contribution in [1.82, 2.24) is 9.97 Å². The zero-order valence-electron chi connectivity index (χ0n) is 13.8. The van der Waals surface area contributed by atoms with Crippen molar-refractivity contribution in [2.45, 2.75) is 6.42 Å². The highest BCUT2D eigenvalue weighted by molar-refractivity contribution is 5.61. The maximum absolute atomic E-state index is 4.44. The number of aromatic nitrogens is 2. The van der Waals surface area contributed by atoms with Gasteiger partial charge in [-0.2, -0.15) is 0 Å². The molecule has 4 aromatic rings. The maximum Gasteiger partial charge on any atom is 0.0702 e. The second-order valence-corrected chi connectivity index (χ2v) is 6.01. The van der Waals surface area contributed by atoms with Crippen LogP contribution >= 0.6 is 0 Å². The summed E-state index contributed by atoms with van der Waals surface area (Å²) in [6.07, 6.45) is 4.55. The van der Waals surface area contributed by atoms with Crippen LogP contribution in [0.1, 0.15) is 11.1 Å². The smallest absolute Gasteiger partial charge is 0.0702 e. The zero-order valence-corrected chi connectivity index (χ0v) is 13.8. The van der Waals surface area contributed by atoms with Gasteiger partial charge in [-0.15, -0.1) is 0 Å². The molecule has 2 heteroatoms. The Balaban J connectivity index is 1.61.